The summed E-state index contributed by atoms with van der Waals surface area (Å²) in [7, 11) is 0. The van der Waals surface area contributed by atoms with Crippen molar-refractivity contribution < 1.29 is 0 Å². The fraction of sp³-hybridized carbons (Fsp3) is 0.375. The molecule has 0 saturated heterocycles. The van der Waals surface area contributed by atoms with Crippen LogP contribution in [0.1, 0.15) is 32.3 Å². The Bertz CT molecular complexity index is 489. The number of hydrogen-bond donors (Lipinski definition) is 1. The van der Waals surface area contributed by atoms with Crippen molar-refractivity contribution in [2.75, 3.05) is 0 Å². The first-order valence-corrected chi connectivity index (χ1v) is 6.32. The molecule has 2 aromatic rings. The van der Waals surface area contributed by atoms with Crippen molar-refractivity contribution in [3.63, 3.8) is 0 Å². The number of benzene rings is 2. The molecular formula is C16H21N. The van der Waals surface area contributed by atoms with Gasteiger partial charge in [0.2, 0.25) is 0 Å². The topological polar surface area (TPSA) is 26.0 Å². The molecule has 0 saturated carbocycles. The first-order chi connectivity index (χ1) is 8.06. The predicted molar refractivity (Wildman–Crippen MR) is 75.2 cm³/mol. The summed E-state index contributed by atoms with van der Waals surface area (Å²) in [5.41, 5.74) is 7.40. The Morgan fingerprint density at radius 3 is 2.47 bits per heavy atom. The lowest BCUT2D eigenvalue weighted by atomic mass is 9.95. The Morgan fingerprint density at radius 2 is 1.71 bits per heavy atom. The Labute approximate surface area is 104 Å². The summed E-state index contributed by atoms with van der Waals surface area (Å²) in [6.07, 6.45) is 3.33. The predicted octanol–water partition coefficient (Wildman–Crippen LogP) is 3.90. The van der Waals surface area contributed by atoms with Crippen molar-refractivity contribution in [3.05, 3.63) is 48.0 Å². The summed E-state index contributed by atoms with van der Waals surface area (Å²) >= 11 is 0. The molecule has 0 spiro atoms. The van der Waals surface area contributed by atoms with E-state index >= 15 is 0 Å². The molecule has 1 heteroatoms. The van der Waals surface area contributed by atoms with Gasteiger partial charge in [0.05, 0.1) is 0 Å². The SMILES string of the molecule is CC(C)(N)CCCc1cccc2ccccc12. The van der Waals surface area contributed by atoms with Crippen molar-refractivity contribution in [2.45, 2.75) is 38.6 Å². The Morgan fingerprint density at radius 1 is 1.00 bits per heavy atom. The molecular weight excluding hydrogens is 206 g/mol. The molecule has 17 heavy (non-hydrogen) atoms. The van der Waals surface area contributed by atoms with E-state index in [2.05, 4.69) is 56.3 Å². The zero-order valence-electron chi connectivity index (χ0n) is 10.7. The molecule has 0 aliphatic heterocycles. The Kier molecular flexibility index (Phi) is 3.49. The minimum atomic E-state index is -0.0510. The van der Waals surface area contributed by atoms with Gasteiger partial charge in [0.25, 0.3) is 0 Å². The molecule has 2 aromatic carbocycles. The van der Waals surface area contributed by atoms with E-state index < -0.39 is 0 Å². The van der Waals surface area contributed by atoms with Crippen LogP contribution in [0.3, 0.4) is 0 Å². The average molecular weight is 227 g/mol. The Hall–Kier alpha value is -1.34. The molecule has 0 fully saturated rings. The third-order valence-electron chi connectivity index (χ3n) is 3.15. The maximum atomic E-state index is 6.01. The molecule has 0 amide bonds. The normalized spacial score (nSPS) is 11.9. The standard InChI is InChI=1S/C16H21N/c1-16(2,17)12-6-10-14-9-5-8-13-7-3-4-11-15(13)14/h3-5,7-9,11H,6,10,12,17H2,1-2H3. The first-order valence-electron chi connectivity index (χ1n) is 6.32. The zero-order chi connectivity index (χ0) is 12.3. The molecule has 0 aromatic heterocycles. The van der Waals surface area contributed by atoms with Gasteiger partial charge in [-0.2, -0.15) is 0 Å². The van der Waals surface area contributed by atoms with E-state index in [9.17, 15) is 0 Å². The third kappa shape index (κ3) is 3.31. The van der Waals surface area contributed by atoms with Crippen LogP contribution in [0.4, 0.5) is 0 Å². The van der Waals surface area contributed by atoms with Gasteiger partial charge in [0.15, 0.2) is 0 Å². The van der Waals surface area contributed by atoms with Gasteiger partial charge < -0.3 is 5.73 Å². The van der Waals surface area contributed by atoms with E-state index in [-0.39, 0.29) is 5.54 Å². The summed E-state index contributed by atoms with van der Waals surface area (Å²) < 4.78 is 0. The summed E-state index contributed by atoms with van der Waals surface area (Å²) in [5.74, 6) is 0. The maximum Gasteiger partial charge on any atom is 0.00971 e. The van der Waals surface area contributed by atoms with Crippen molar-refractivity contribution in [3.8, 4) is 0 Å². The van der Waals surface area contributed by atoms with Gasteiger partial charge >= 0.3 is 0 Å². The molecule has 1 nitrogen and oxygen atoms in total. The van der Waals surface area contributed by atoms with E-state index in [1.807, 2.05) is 0 Å². The summed E-state index contributed by atoms with van der Waals surface area (Å²) in [4.78, 5) is 0. The van der Waals surface area contributed by atoms with Crippen LogP contribution in [-0.2, 0) is 6.42 Å². The van der Waals surface area contributed by atoms with Crippen LogP contribution < -0.4 is 5.73 Å². The van der Waals surface area contributed by atoms with Crippen LogP contribution in [0.2, 0.25) is 0 Å². The molecule has 0 bridgehead atoms. The number of nitrogens with two attached hydrogens (primary N) is 1. The van der Waals surface area contributed by atoms with Gasteiger partial charge in [-0.3, -0.25) is 0 Å². The van der Waals surface area contributed by atoms with E-state index in [0.717, 1.165) is 19.3 Å². The largest absolute Gasteiger partial charge is 0.326 e. The molecule has 0 radical (unpaired) electrons. The highest BCUT2D eigenvalue weighted by Gasteiger charge is 2.10. The van der Waals surface area contributed by atoms with E-state index in [1.165, 1.54) is 16.3 Å². The van der Waals surface area contributed by atoms with Crippen LogP contribution >= 0.6 is 0 Å². The number of fused-ring (bicyclic) bond motifs is 1. The van der Waals surface area contributed by atoms with Crippen molar-refractivity contribution in [2.24, 2.45) is 5.73 Å². The fourth-order valence-corrected chi connectivity index (χ4v) is 2.24. The summed E-state index contributed by atoms with van der Waals surface area (Å²) in [6.45, 7) is 4.19. The lowest BCUT2D eigenvalue weighted by molar-refractivity contribution is 0.459. The number of rotatable bonds is 4. The quantitative estimate of drug-likeness (QED) is 0.842. The van der Waals surface area contributed by atoms with Crippen molar-refractivity contribution >= 4 is 10.8 Å². The van der Waals surface area contributed by atoms with E-state index in [0.29, 0.717) is 0 Å². The van der Waals surface area contributed by atoms with Crippen LogP contribution in [-0.4, -0.2) is 5.54 Å². The number of aryl methyl sites for hydroxylation is 1. The molecule has 2 N–H and O–H groups in total. The monoisotopic (exact) mass is 227 g/mol. The van der Waals surface area contributed by atoms with Gasteiger partial charge in [-0.25, -0.2) is 0 Å². The van der Waals surface area contributed by atoms with Gasteiger partial charge in [0, 0.05) is 5.54 Å². The second kappa shape index (κ2) is 4.89. The minimum absolute atomic E-state index is 0.0510. The molecule has 0 aliphatic carbocycles. The summed E-state index contributed by atoms with van der Waals surface area (Å²) in [5, 5.41) is 2.71. The second-order valence-electron chi connectivity index (χ2n) is 5.48. The van der Waals surface area contributed by atoms with Crippen LogP contribution in [0, 0.1) is 0 Å². The highest BCUT2D eigenvalue weighted by molar-refractivity contribution is 5.85. The van der Waals surface area contributed by atoms with E-state index in [1.54, 1.807) is 0 Å². The van der Waals surface area contributed by atoms with Crippen LogP contribution in [0.25, 0.3) is 10.8 Å². The highest BCUT2D eigenvalue weighted by atomic mass is 14.7. The van der Waals surface area contributed by atoms with Crippen LogP contribution in [0.15, 0.2) is 42.5 Å². The molecule has 90 valence electrons. The van der Waals surface area contributed by atoms with Crippen molar-refractivity contribution in [1.82, 2.24) is 0 Å². The smallest absolute Gasteiger partial charge is 0.00971 e. The van der Waals surface area contributed by atoms with Gasteiger partial charge in [-0.05, 0) is 49.4 Å². The molecule has 2 rings (SSSR count). The lowest BCUT2D eigenvalue weighted by Gasteiger charge is -2.18. The maximum absolute atomic E-state index is 6.01. The van der Waals surface area contributed by atoms with Gasteiger partial charge in [-0.15, -0.1) is 0 Å². The molecule has 0 aliphatic rings. The Balaban J connectivity index is 2.13. The molecule has 0 unspecified atom stereocenters. The lowest BCUT2D eigenvalue weighted by Crippen LogP contribution is -2.31. The second-order valence-corrected chi connectivity index (χ2v) is 5.48. The first kappa shape index (κ1) is 12.1. The average Bonchev–Trinajstić information content (AvgIpc) is 2.28. The third-order valence-corrected chi connectivity index (χ3v) is 3.15. The number of hydrogen-bond acceptors (Lipinski definition) is 1. The highest BCUT2D eigenvalue weighted by Crippen LogP contribution is 2.21. The minimum Gasteiger partial charge on any atom is -0.326 e. The van der Waals surface area contributed by atoms with Gasteiger partial charge in [0.1, 0.15) is 0 Å². The van der Waals surface area contributed by atoms with E-state index in [4.69, 9.17) is 5.73 Å². The molecule has 0 atom stereocenters. The van der Waals surface area contributed by atoms with Crippen LogP contribution in [0.5, 0.6) is 0 Å². The van der Waals surface area contributed by atoms with Gasteiger partial charge in [-0.1, -0.05) is 42.5 Å². The van der Waals surface area contributed by atoms with Crippen molar-refractivity contribution in [1.29, 1.82) is 0 Å². The summed E-state index contributed by atoms with van der Waals surface area (Å²) in [6, 6.07) is 15.1. The fourth-order valence-electron chi connectivity index (χ4n) is 2.24. The zero-order valence-corrected chi connectivity index (χ0v) is 10.7. The molecule has 0 heterocycles.